The molecule has 1 N–H and O–H groups in total. The van der Waals surface area contributed by atoms with E-state index in [4.69, 9.17) is 4.74 Å². The third-order valence-corrected chi connectivity index (χ3v) is 3.61. The van der Waals surface area contributed by atoms with Crippen LogP contribution in [0.2, 0.25) is 0 Å². The van der Waals surface area contributed by atoms with E-state index in [9.17, 15) is 9.59 Å². The predicted octanol–water partition coefficient (Wildman–Crippen LogP) is 1.19. The van der Waals surface area contributed by atoms with Crippen molar-refractivity contribution in [1.82, 2.24) is 20.5 Å². The van der Waals surface area contributed by atoms with Gasteiger partial charge in [0, 0.05) is 6.92 Å². The maximum Gasteiger partial charge on any atom is 0.303 e. The van der Waals surface area contributed by atoms with E-state index in [-0.39, 0.29) is 12.5 Å². The molecule has 0 fully saturated rings. The van der Waals surface area contributed by atoms with Gasteiger partial charge in [0.1, 0.15) is 11.3 Å². The average molecular weight is 312 g/mol. The van der Waals surface area contributed by atoms with Crippen molar-refractivity contribution in [3.05, 3.63) is 11.9 Å². The molecule has 21 heavy (non-hydrogen) atoms. The van der Waals surface area contributed by atoms with Gasteiger partial charge in [-0.05, 0) is 27.0 Å². The number of esters is 1. The zero-order valence-corrected chi connectivity index (χ0v) is 13.7. The summed E-state index contributed by atoms with van der Waals surface area (Å²) in [6.07, 6.45) is 3.43. The van der Waals surface area contributed by atoms with Gasteiger partial charge in [0.05, 0.1) is 18.7 Å². The lowest BCUT2D eigenvalue weighted by Crippen LogP contribution is -2.44. The SMILES string of the molecule is CSc1ncc(CNC(=O)C(C)C(C)(C)OC(C)=O)nn1. The first-order valence-corrected chi connectivity index (χ1v) is 7.68. The minimum absolute atomic E-state index is 0.225. The molecule has 1 amide bonds. The summed E-state index contributed by atoms with van der Waals surface area (Å²) < 4.78 is 5.16. The van der Waals surface area contributed by atoms with E-state index in [1.807, 2.05) is 6.26 Å². The van der Waals surface area contributed by atoms with Crippen molar-refractivity contribution in [2.45, 2.75) is 45.0 Å². The van der Waals surface area contributed by atoms with Crippen LogP contribution in [0.15, 0.2) is 11.4 Å². The molecule has 0 spiro atoms. The molecule has 1 rings (SSSR count). The lowest BCUT2D eigenvalue weighted by atomic mass is 9.91. The van der Waals surface area contributed by atoms with E-state index in [0.29, 0.717) is 10.9 Å². The molecule has 0 aromatic carbocycles. The Hall–Kier alpha value is -1.70. The Morgan fingerprint density at radius 2 is 2.10 bits per heavy atom. The van der Waals surface area contributed by atoms with Crippen LogP contribution < -0.4 is 5.32 Å². The Kier molecular flexibility index (Phi) is 6.07. The summed E-state index contributed by atoms with van der Waals surface area (Å²) in [4.78, 5) is 27.2. The summed E-state index contributed by atoms with van der Waals surface area (Å²) in [5.74, 6) is -1.13. The van der Waals surface area contributed by atoms with Crippen LogP contribution in [0.1, 0.15) is 33.4 Å². The fraction of sp³-hybridized carbons (Fsp3) is 0.615. The quantitative estimate of drug-likeness (QED) is 0.622. The van der Waals surface area contributed by atoms with Gasteiger partial charge in [-0.25, -0.2) is 4.98 Å². The standard InChI is InChI=1S/C13H20N4O3S/c1-8(13(3,4)20-9(2)18)11(19)14-6-10-7-15-12(21-5)17-16-10/h7-8H,6H2,1-5H3,(H,14,19). The molecule has 0 radical (unpaired) electrons. The number of amides is 1. The molecule has 0 saturated carbocycles. The molecular formula is C13H20N4O3S. The summed E-state index contributed by atoms with van der Waals surface area (Å²) in [6, 6.07) is 0. The number of nitrogens with zero attached hydrogens (tertiary/aromatic N) is 3. The minimum Gasteiger partial charge on any atom is -0.459 e. The number of nitrogens with one attached hydrogen (secondary N) is 1. The van der Waals surface area contributed by atoms with E-state index in [0.717, 1.165) is 0 Å². The smallest absolute Gasteiger partial charge is 0.303 e. The first kappa shape index (κ1) is 17.4. The molecule has 0 aliphatic carbocycles. The summed E-state index contributed by atoms with van der Waals surface area (Å²) in [5, 5.41) is 11.2. The number of ether oxygens (including phenoxy) is 1. The highest BCUT2D eigenvalue weighted by atomic mass is 32.2. The fourth-order valence-corrected chi connectivity index (χ4v) is 1.85. The second-order valence-corrected chi connectivity index (χ2v) is 5.85. The third kappa shape index (κ3) is 5.30. The number of aromatic nitrogens is 3. The van der Waals surface area contributed by atoms with Crippen LogP contribution in [0.5, 0.6) is 0 Å². The summed E-state index contributed by atoms with van der Waals surface area (Å²) in [6.45, 7) is 6.66. The van der Waals surface area contributed by atoms with Gasteiger partial charge in [-0.2, -0.15) is 0 Å². The molecule has 116 valence electrons. The Morgan fingerprint density at radius 1 is 1.43 bits per heavy atom. The number of hydrogen-bond donors (Lipinski definition) is 1. The highest BCUT2D eigenvalue weighted by molar-refractivity contribution is 7.98. The predicted molar refractivity (Wildman–Crippen MR) is 78.5 cm³/mol. The van der Waals surface area contributed by atoms with Crippen molar-refractivity contribution < 1.29 is 14.3 Å². The lowest BCUT2D eigenvalue weighted by Gasteiger charge is -2.30. The number of hydrogen-bond acceptors (Lipinski definition) is 7. The van der Waals surface area contributed by atoms with Crippen LogP contribution in [-0.2, 0) is 20.9 Å². The van der Waals surface area contributed by atoms with E-state index in [1.54, 1.807) is 27.0 Å². The first-order valence-electron chi connectivity index (χ1n) is 6.46. The maximum absolute atomic E-state index is 12.1. The number of rotatable bonds is 6. The highest BCUT2D eigenvalue weighted by Crippen LogP contribution is 2.21. The van der Waals surface area contributed by atoms with Gasteiger partial charge in [0.25, 0.3) is 0 Å². The lowest BCUT2D eigenvalue weighted by molar-refractivity contribution is -0.161. The molecule has 1 heterocycles. The molecule has 8 heteroatoms. The molecule has 1 atom stereocenters. The van der Waals surface area contributed by atoms with Crippen LogP contribution >= 0.6 is 11.8 Å². The Balaban J connectivity index is 2.57. The average Bonchev–Trinajstić information content (AvgIpc) is 2.43. The molecule has 0 aliphatic heterocycles. The number of thioether (sulfide) groups is 1. The highest BCUT2D eigenvalue weighted by Gasteiger charge is 2.34. The van der Waals surface area contributed by atoms with E-state index in [1.165, 1.54) is 18.7 Å². The largest absolute Gasteiger partial charge is 0.459 e. The summed E-state index contributed by atoms with van der Waals surface area (Å²) >= 11 is 1.40. The van der Waals surface area contributed by atoms with Gasteiger partial charge in [0.15, 0.2) is 0 Å². The molecule has 1 unspecified atom stereocenters. The van der Waals surface area contributed by atoms with Crippen LogP contribution in [-0.4, -0.2) is 38.9 Å². The monoisotopic (exact) mass is 312 g/mol. The van der Waals surface area contributed by atoms with Gasteiger partial charge in [-0.15, -0.1) is 10.2 Å². The van der Waals surface area contributed by atoms with Crippen LogP contribution in [0.4, 0.5) is 0 Å². The van der Waals surface area contributed by atoms with Gasteiger partial charge >= 0.3 is 5.97 Å². The molecule has 0 bridgehead atoms. The van der Waals surface area contributed by atoms with Crippen molar-refractivity contribution >= 4 is 23.6 Å². The van der Waals surface area contributed by atoms with Gasteiger partial charge in [-0.1, -0.05) is 11.8 Å². The van der Waals surface area contributed by atoms with Gasteiger partial charge < -0.3 is 10.1 Å². The third-order valence-electron chi connectivity index (χ3n) is 3.06. The normalized spacial score (nSPS) is 12.6. The molecule has 1 aromatic rings. The van der Waals surface area contributed by atoms with Crippen molar-refractivity contribution in [2.24, 2.45) is 5.92 Å². The first-order chi connectivity index (χ1) is 9.76. The van der Waals surface area contributed by atoms with E-state index >= 15 is 0 Å². The second-order valence-electron chi connectivity index (χ2n) is 5.07. The van der Waals surface area contributed by atoms with Crippen LogP contribution in [0.3, 0.4) is 0 Å². The topological polar surface area (TPSA) is 94.1 Å². The molecular weight excluding hydrogens is 292 g/mol. The Labute approximate surface area is 128 Å². The number of carbonyl (C=O) groups excluding carboxylic acids is 2. The van der Waals surface area contributed by atoms with Crippen molar-refractivity contribution in [3.8, 4) is 0 Å². The fourth-order valence-electron chi connectivity index (χ4n) is 1.57. The zero-order chi connectivity index (χ0) is 16.0. The maximum atomic E-state index is 12.1. The Bertz CT molecular complexity index is 505. The molecule has 1 aromatic heterocycles. The zero-order valence-electron chi connectivity index (χ0n) is 12.8. The van der Waals surface area contributed by atoms with Crippen molar-refractivity contribution in [1.29, 1.82) is 0 Å². The van der Waals surface area contributed by atoms with Crippen LogP contribution in [0.25, 0.3) is 0 Å². The molecule has 7 nitrogen and oxygen atoms in total. The van der Waals surface area contributed by atoms with Gasteiger partial charge in [0.2, 0.25) is 11.1 Å². The Morgan fingerprint density at radius 3 is 2.57 bits per heavy atom. The van der Waals surface area contributed by atoms with E-state index < -0.39 is 17.5 Å². The van der Waals surface area contributed by atoms with Crippen molar-refractivity contribution in [3.63, 3.8) is 0 Å². The molecule has 0 aliphatic rings. The van der Waals surface area contributed by atoms with E-state index in [2.05, 4.69) is 20.5 Å². The summed E-state index contributed by atoms with van der Waals surface area (Å²) in [5.41, 5.74) is -0.304. The summed E-state index contributed by atoms with van der Waals surface area (Å²) in [7, 11) is 0. The second kappa shape index (κ2) is 7.35. The van der Waals surface area contributed by atoms with Crippen LogP contribution in [0, 0.1) is 5.92 Å². The van der Waals surface area contributed by atoms with Crippen molar-refractivity contribution in [2.75, 3.05) is 6.26 Å². The number of carbonyl (C=O) groups is 2. The minimum atomic E-state index is -0.872. The van der Waals surface area contributed by atoms with Gasteiger partial charge in [-0.3, -0.25) is 9.59 Å². The molecule has 0 saturated heterocycles.